The number of ether oxygens (including phenoxy) is 1. The Morgan fingerprint density at radius 2 is 1.86 bits per heavy atom. The molecule has 1 atom stereocenters. The van der Waals surface area contributed by atoms with Crippen molar-refractivity contribution in [2.24, 2.45) is 5.92 Å². The van der Waals surface area contributed by atoms with Crippen molar-refractivity contribution in [3.63, 3.8) is 0 Å². The van der Waals surface area contributed by atoms with E-state index in [0.29, 0.717) is 12.3 Å². The van der Waals surface area contributed by atoms with Gasteiger partial charge in [-0.3, -0.25) is 4.79 Å². The Morgan fingerprint density at radius 3 is 2.38 bits per heavy atom. The van der Waals surface area contributed by atoms with Gasteiger partial charge in [0.25, 0.3) is 0 Å². The van der Waals surface area contributed by atoms with Crippen molar-refractivity contribution in [2.45, 2.75) is 51.7 Å². The van der Waals surface area contributed by atoms with E-state index < -0.39 is 17.6 Å². The predicted molar refractivity (Wildman–Crippen MR) is 80.5 cm³/mol. The molecule has 1 fully saturated rings. The van der Waals surface area contributed by atoms with Crippen molar-refractivity contribution >= 4 is 11.9 Å². The van der Waals surface area contributed by atoms with E-state index in [9.17, 15) is 9.59 Å². The first kappa shape index (κ1) is 15.5. The van der Waals surface area contributed by atoms with Crippen LogP contribution in [0.25, 0.3) is 0 Å². The maximum atomic E-state index is 12.4. The lowest BCUT2D eigenvalue weighted by Crippen LogP contribution is -2.38. The Morgan fingerprint density at radius 1 is 1.24 bits per heavy atom. The van der Waals surface area contributed by atoms with E-state index in [1.165, 1.54) is 0 Å². The van der Waals surface area contributed by atoms with Crippen LogP contribution in [-0.2, 0) is 14.3 Å². The molecule has 0 saturated heterocycles. The van der Waals surface area contributed by atoms with Gasteiger partial charge in [0.2, 0.25) is 5.91 Å². The van der Waals surface area contributed by atoms with Gasteiger partial charge in [-0.1, -0.05) is 30.3 Å². The minimum atomic E-state index is -0.739. The largest absolute Gasteiger partial charge is 0.458 e. The molecule has 1 N–H and O–H groups in total. The van der Waals surface area contributed by atoms with Gasteiger partial charge in [0, 0.05) is 6.42 Å². The van der Waals surface area contributed by atoms with Crippen LogP contribution >= 0.6 is 0 Å². The van der Waals surface area contributed by atoms with Crippen LogP contribution in [-0.4, -0.2) is 17.5 Å². The van der Waals surface area contributed by atoms with Crippen molar-refractivity contribution in [1.29, 1.82) is 0 Å². The van der Waals surface area contributed by atoms with Gasteiger partial charge in [-0.15, -0.1) is 0 Å². The number of hydrogen-bond acceptors (Lipinski definition) is 3. The summed E-state index contributed by atoms with van der Waals surface area (Å²) < 4.78 is 5.42. The molecule has 4 heteroatoms. The Bertz CT molecular complexity index is 501. The number of carbonyl (C=O) groups excluding carboxylic acids is 2. The number of benzene rings is 1. The third-order valence-electron chi connectivity index (χ3n) is 3.25. The quantitative estimate of drug-likeness (QED) is 0.848. The van der Waals surface area contributed by atoms with Gasteiger partial charge >= 0.3 is 5.97 Å². The molecule has 1 amide bonds. The fraction of sp³-hybridized carbons (Fsp3) is 0.529. The van der Waals surface area contributed by atoms with Crippen LogP contribution in [0, 0.1) is 5.92 Å². The van der Waals surface area contributed by atoms with Gasteiger partial charge < -0.3 is 10.1 Å². The van der Waals surface area contributed by atoms with Crippen LogP contribution in [0.3, 0.4) is 0 Å². The molecule has 1 saturated carbocycles. The highest BCUT2D eigenvalue weighted by Crippen LogP contribution is 2.32. The van der Waals surface area contributed by atoms with Crippen molar-refractivity contribution in [3.05, 3.63) is 35.9 Å². The Balaban J connectivity index is 2.09. The van der Waals surface area contributed by atoms with Crippen molar-refractivity contribution in [2.75, 3.05) is 0 Å². The minimum Gasteiger partial charge on any atom is -0.458 e. The molecule has 114 valence electrons. The van der Waals surface area contributed by atoms with Gasteiger partial charge in [0.05, 0.1) is 0 Å². The molecule has 2 rings (SSSR count). The zero-order valence-electron chi connectivity index (χ0n) is 12.9. The van der Waals surface area contributed by atoms with Gasteiger partial charge in [-0.05, 0) is 45.1 Å². The Labute approximate surface area is 125 Å². The summed E-state index contributed by atoms with van der Waals surface area (Å²) in [5, 5.41) is 2.81. The Kier molecular flexibility index (Phi) is 4.66. The number of esters is 1. The molecular formula is C17H23NO3. The molecule has 1 aliphatic carbocycles. The number of carbonyl (C=O) groups is 2. The van der Waals surface area contributed by atoms with E-state index in [-0.39, 0.29) is 5.91 Å². The summed E-state index contributed by atoms with van der Waals surface area (Å²) in [5.41, 5.74) is 0.168. The van der Waals surface area contributed by atoms with E-state index in [4.69, 9.17) is 4.74 Å². The SMILES string of the molecule is CC(C)(C)OC(=O)[C@@H](NC(=O)CC1CC1)c1ccccc1. The minimum absolute atomic E-state index is 0.0859. The smallest absolute Gasteiger partial charge is 0.333 e. The standard InChI is InChI=1S/C17H23NO3/c1-17(2,3)21-16(20)15(13-7-5-4-6-8-13)18-14(19)11-12-9-10-12/h4-8,12,15H,9-11H2,1-3H3,(H,18,19)/t15-/m0/s1. The molecule has 21 heavy (non-hydrogen) atoms. The highest BCUT2D eigenvalue weighted by atomic mass is 16.6. The van der Waals surface area contributed by atoms with Crippen LogP contribution in [0.2, 0.25) is 0 Å². The molecule has 0 radical (unpaired) electrons. The lowest BCUT2D eigenvalue weighted by atomic mass is 10.1. The molecule has 0 unspecified atom stereocenters. The molecule has 1 aromatic carbocycles. The van der Waals surface area contributed by atoms with Crippen LogP contribution in [0.15, 0.2) is 30.3 Å². The molecule has 4 nitrogen and oxygen atoms in total. The van der Waals surface area contributed by atoms with Crippen LogP contribution < -0.4 is 5.32 Å². The maximum Gasteiger partial charge on any atom is 0.333 e. The highest BCUT2D eigenvalue weighted by molar-refractivity contribution is 5.85. The summed E-state index contributed by atoms with van der Waals surface area (Å²) in [7, 11) is 0. The first-order chi connectivity index (χ1) is 9.85. The first-order valence-corrected chi connectivity index (χ1v) is 7.42. The van der Waals surface area contributed by atoms with Crippen molar-refractivity contribution in [1.82, 2.24) is 5.32 Å². The monoisotopic (exact) mass is 289 g/mol. The molecule has 0 heterocycles. The van der Waals surface area contributed by atoms with E-state index in [2.05, 4.69) is 5.32 Å². The summed E-state index contributed by atoms with van der Waals surface area (Å²) in [4.78, 5) is 24.4. The third-order valence-corrected chi connectivity index (χ3v) is 3.25. The molecule has 0 spiro atoms. The maximum absolute atomic E-state index is 12.4. The third kappa shape index (κ3) is 5.21. The summed E-state index contributed by atoms with van der Waals surface area (Å²) in [5.74, 6) is -0.0184. The first-order valence-electron chi connectivity index (χ1n) is 7.42. The van der Waals surface area contributed by atoms with Gasteiger partial charge in [-0.25, -0.2) is 4.79 Å². The fourth-order valence-electron chi connectivity index (χ4n) is 2.09. The van der Waals surface area contributed by atoms with E-state index in [1.54, 1.807) is 0 Å². The topological polar surface area (TPSA) is 55.4 Å². The number of nitrogens with one attached hydrogen (secondary N) is 1. The lowest BCUT2D eigenvalue weighted by molar-refractivity contribution is -0.159. The number of hydrogen-bond donors (Lipinski definition) is 1. The summed E-state index contributed by atoms with van der Waals surface area (Å²) >= 11 is 0. The van der Waals surface area contributed by atoms with Gasteiger partial charge in [0.15, 0.2) is 6.04 Å². The molecular weight excluding hydrogens is 266 g/mol. The zero-order valence-corrected chi connectivity index (χ0v) is 12.9. The van der Waals surface area contributed by atoms with E-state index in [1.807, 2.05) is 51.1 Å². The van der Waals surface area contributed by atoms with E-state index >= 15 is 0 Å². The molecule has 0 bridgehead atoms. The molecule has 1 aliphatic rings. The average molecular weight is 289 g/mol. The number of amides is 1. The van der Waals surface area contributed by atoms with Crippen LogP contribution in [0.5, 0.6) is 0 Å². The lowest BCUT2D eigenvalue weighted by Gasteiger charge is -2.24. The second-order valence-electron chi connectivity index (χ2n) is 6.59. The van der Waals surface area contributed by atoms with E-state index in [0.717, 1.165) is 18.4 Å². The van der Waals surface area contributed by atoms with Gasteiger partial charge in [-0.2, -0.15) is 0 Å². The number of rotatable bonds is 5. The summed E-state index contributed by atoms with van der Waals surface area (Å²) in [6, 6.07) is 8.48. The van der Waals surface area contributed by atoms with Crippen LogP contribution in [0.4, 0.5) is 0 Å². The second kappa shape index (κ2) is 6.29. The molecule has 1 aromatic rings. The fourth-order valence-corrected chi connectivity index (χ4v) is 2.09. The second-order valence-corrected chi connectivity index (χ2v) is 6.59. The summed E-state index contributed by atoms with van der Waals surface area (Å²) in [6.07, 6.45) is 2.71. The zero-order chi connectivity index (χ0) is 15.5. The molecule has 0 aromatic heterocycles. The summed E-state index contributed by atoms with van der Waals surface area (Å²) in [6.45, 7) is 5.46. The van der Waals surface area contributed by atoms with Crippen molar-refractivity contribution in [3.8, 4) is 0 Å². The van der Waals surface area contributed by atoms with Crippen LogP contribution in [0.1, 0.15) is 51.6 Å². The molecule has 0 aliphatic heterocycles. The highest BCUT2D eigenvalue weighted by Gasteiger charge is 2.30. The predicted octanol–water partition coefficient (Wildman–Crippen LogP) is 2.99. The van der Waals surface area contributed by atoms with Gasteiger partial charge in [0.1, 0.15) is 5.60 Å². The Hall–Kier alpha value is -1.84. The normalized spacial score (nSPS) is 16.1. The average Bonchev–Trinajstić information content (AvgIpc) is 3.18. The van der Waals surface area contributed by atoms with Crippen molar-refractivity contribution < 1.29 is 14.3 Å².